The first-order chi connectivity index (χ1) is 58.8. The van der Waals surface area contributed by atoms with Crippen molar-refractivity contribution in [2.75, 3.05) is 19.8 Å². The second kappa shape index (κ2) is 86.3. The molecule has 0 amide bonds. The predicted octanol–water partition coefficient (Wildman–Crippen LogP) is 44.0. The number of rotatable bonds is 17. The van der Waals surface area contributed by atoms with Gasteiger partial charge in [-0.05, 0) is 270 Å². The topological polar surface area (TPSA) is 178 Å². The summed E-state index contributed by atoms with van der Waals surface area (Å²) in [4.78, 5) is 57.8. The fraction of sp³-hybridized carbons (Fsp3) is 0.728. The van der Waals surface area contributed by atoms with Crippen molar-refractivity contribution in [1.82, 2.24) is 4.72 Å². The van der Waals surface area contributed by atoms with Crippen molar-refractivity contribution in [3.63, 3.8) is 0 Å². The number of esters is 5. The van der Waals surface area contributed by atoms with Crippen LogP contribution < -0.4 is 4.72 Å². The molecule has 0 heterocycles. The molecule has 150 heavy (non-hydrogen) atoms. The molecule has 0 aromatic heterocycles. The van der Waals surface area contributed by atoms with Gasteiger partial charge in [0.1, 0.15) is 16.8 Å². The van der Waals surface area contributed by atoms with Gasteiger partial charge in [-0.2, -0.15) is 0 Å². The molecule has 7 unspecified atom stereocenters. The van der Waals surface area contributed by atoms with Gasteiger partial charge in [-0.15, -0.1) is 0 Å². The number of carbonyl (C=O) groups excluding carboxylic acids is 5. The van der Waals surface area contributed by atoms with Gasteiger partial charge in [0.2, 0.25) is 10.0 Å². The van der Waals surface area contributed by atoms with Gasteiger partial charge in [0.15, 0.2) is 5.92 Å². The summed E-state index contributed by atoms with van der Waals surface area (Å²) in [6, 6.07) is 50.7. The number of allylic oxidation sites excluding steroid dienone is 2. The molecule has 4 aliphatic carbocycles. The van der Waals surface area contributed by atoms with E-state index in [1.165, 1.54) is 61.8 Å². The summed E-state index contributed by atoms with van der Waals surface area (Å²) in [7, 11) is -3.33. The van der Waals surface area contributed by atoms with Crippen molar-refractivity contribution >= 4 is 39.9 Å². The zero-order valence-corrected chi connectivity index (χ0v) is 91.4. The number of benzene rings is 5. The predicted molar refractivity (Wildman–Crippen MR) is 686 cm³/mol. The molecule has 3 fully saturated rings. The van der Waals surface area contributed by atoms with Crippen molar-refractivity contribution < 1.29 is 56.1 Å². The molecule has 3 saturated carbocycles. The van der Waals surface area contributed by atoms with Crippen molar-refractivity contribution in [1.29, 1.82) is 0 Å². The van der Waals surface area contributed by atoms with Crippen LogP contribution >= 0.6 is 0 Å². The third-order valence-electron chi connectivity index (χ3n) is 22.6. The number of ether oxygens (including phenoxy) is 5. The van der Waals surface area contributed by atoms with Crippen LogP contribution in [0.1, 0.15) is 545 Å². The maximum absolute atomic E-state index is 12.3. The fourth-order valence-corrected chi connectivity index (χ4v) is 16.7. The monoisotopic (exact) mass is 2150 g/mol. The second-order valence-electron chi connectivity index (χ2n) is 50.5. The van der Waals surface area contributed by atoms with E-state index in [0.29, 0.717) is 80.3 Å². The molecule has 5 aromatic rings. The average molecular weight is 2150 g/mol. The van der Waals surface area contributed by atoms with Crippen LogP contribution in [0.25, 0.3) is 0 Å². The molecule has 13 nitrogen and oxygen atoms in total. The van der Waals surface area contributed by atoms with Crippen LogP contribution in [0.5, 0.6) is 0 Å². The minimum absolute atomic E-state index is 0. The Morgan fingerprint density at radius 2 is 0.573 bits per heavy atom. The highest BCUT2D eigenvalue weighted by Crippen LogP contribution is 2.57. The molecule has 4 aliphatic rings. The molecule has 900 valence electrons. The number of fused-ring (bicyclic) bond motifs is 4. The number of hydrogen-bond acceptors (Lipinski definition) is 12. The molecule has 1 N–H and O–H groups in total. The van der Waals surface area contributed by atoms with Crippen LogP contribution in [0.4, 0.5) is 0 Å². The molecule has 9 rings (SSSR count). The zero-order chi connectivity index (χ0) is 101. The van der Waals surface area contributed by atoms with Crippen LogP contribution in [0, 0.1) is 79.8 Å². The Hall–Kier alpha value is -6.90. The van der Waals surface area contributed by atoms with Crippen molar-refractivity contribution in [3.05, 3.63) is 186 Å². The van der Waals surface area contributed by atoms with Gasteiger partial charge in [0.05, 0.1) is 24.0 Å². The van der Waals surface area contributed by atoms with Crippen LogP contribution in [-0.4, -0.2) is 74.8 Å². The van der Waals surface area contributed by atoms with Crippen molar-refractivity contribution in [2.24, 2.45) is 79.8 Å². The first-order valence-electron chi connectivity index (χ1n) is 48.7. The highest BCUT2D eigenvalue weighted by molar-refractivity contribution is 7.89. The Morgan fingerprint density at radius 3 is 0.780 bits per heavy atom. The van der Waals surface area contributed by atoms with E-state index < -0.39 is 39.1 Å². The van der Waals surface area contributed by atoms with Crippen LogP contribution in [0.15, 0.2) is 169 Å². The maximum Gasteiger partial charge on any atom is 0.320 e. The van der Waals surface area contributed by atoms with E-state index in [1.54, 1.807) is 71.9 Å². The van der Waals surface area contributed by atoms with Crippen molar-refractivity contribution in [2.45, 2.75) is 566 Å². The summed E-state index contributed by atoms with van der Waals surface area (Å²) < 4.78 is 52.2. The number of sulfonamides is 1. The molecule has 0 radical (unpaired) electrons. The molecule has 7 atom stereocenters. The first-order valence-corrected chi connectivity index (χ1v) is 50.2. The molecule has 14 heteroatoms. The second-order valence-corrected chi connectivity index (χ2v) is 52.3. The maximum atomic E-state index is 12.3. The summed E-state index contributed by atoms with van der Waals surface area (Å²) in [6.07, 6.45) is 19.4. The van der Waals surface area contributed by atoms with Gasteiger partial charge >= 0.3 is 29.8 Å². The van der Waals surface area contributed by atoms with Gasteiger partial charge in [-0.1, -0.05) is 514 Å². The average Bonchev–Trinajstić information content (AvgIpc) is 1.61. The summed E-state index contributed by atoms with van der Waals surface area (Å²) in [5.41, 5.74) is 7.23. The van der Waals surface area contributed by atoms with Gasteiger partial charge in [0, 0.05) is 20.4 Å². The van der Waals surface area contributed by atoms with Gasteiger partial charge < -0.3 is 23.7 Å². The Morgan fingerprint density at radius 1 is 0.307 bits per heavy atom. The molecular formula is C136H273NO12S. The molecule has 0 aliphatic heterocycles. The lowest BCUT2D eigenvalue weighted by molar-refractivity contribution is -0.175. The highest BCUT2D eigenvalue weighted by atomic mass is 32.2. The third-order valence-corrected chi connectivity index (χ3v) is 24.1. The zero-order valence-electron chi connectivity index (χ0n) is 90.5. The summed E-state index contributed by atoms with van der Waals surface area (Å²) in [5, 5.41) is 0. The van der Waals surface area contributed by atoms with E-state index in [1.807, 2.05) is 20.8 Å². The normalized spacial score (nSPS) is 15.5. The van der Waals surface area contributed by atoms with E-state index in [-0.39, 0.29) is 189 Å². The molecule has 0 saturated heterocycles. The van der Waals surface area contributed by atoms with E-state index in [4.69, 9.17) is 23.7 Å². The SMILES string of the molecule is C.C.C.C.C.C.C.C.C.C.C.C.C.C.C.C.C.C.C.C.CC(=O)OCCCC(C)(C)C.CC(=O)OCCCC(C)(C)C.CC(C)(C)C1CC2C=CC1C2.CC(C)(C)CCCC(C(=O)OC(C)(C)C)C(=O)OC(C)(C)C.CC(C)(C)CCCNS(=O)(=O)c1ccccc1.CC(C)(C)OC(=O)C1CC2CC1CC2C(C)(C)C.CC(C)(C)c1ccccc1.CC(C)(C)c1ccccc1.CC(C)(C)c1ccccc1.CC(C)(C)c1ccccc1. The Labute approximate surface area is 945 Å². The smallest absolute Gasteiger partial charge is 0.320 e. The lowest BCUT2D eigenvalue weighted by atomic mass is 9.69. The summed E-state index contributed by atoms with van der Waals surface area (Å²) in [5.74, 6) is 2.95. The van der Waals surface area contributed by atoms with Crippen LogP contribution in [-0.2, 0) is 79.3 Å². The number of hydrogen-bond donors (Lipinski definition) is 1. The standard InChI is InChI=1S/C18H34O4.C16H28O2.C13H21NO2S.C11H18.4C10H14.2C9H18O2.20CH4/c1-16(2,3)12-10-11-13(14(19)21-17(4,5)6)15(20)22-18(7,8)9;1-15(2,3)13-9-10-7-11(13)8-12(10)14(17)18-16(4,5)6;1-13(2,3)10-7-11-14-17(15,16)12-8-5-4-6-9-12;1-11(2,3)10-7-8-4-5-9(10)6-8;4*1-10(2,3)9-7-5-4-6-8-9;2*1-8(10)11-7-5-6-9(2,3)4;;;;;;;;;;;;;;;;;;;;/h13H,10-12H2,1-9H3;10-13H,7-9H2,1-6H3;4-6,8-9,14H,7,10-11H2,1-3H3;4-5,8-10H,6-7H2,1-3H3;4*4-8H,1-3H3;2*5-7H2,1-4H3;20*1H4. The first kappa shape index (κ1) is 194. The number of nitrogens with one attached hydrogen (secondary N) is 1. The highest BCUT2D eigenvalue weighted by Gasteiger charge is 2.52. The van der Waals surface area contributed by atoms with Crippen LogP contribution in [0.3, 0.4) is 0 Å². The molecule has 4 bridgehead atoms. The minimum atomic E-state index is -3.33. The Balaban J connectivity index is -0.0000000646. The summed E-state index contributed by atoms with van der Waals surface area (Å²) >= 11 is 0. The van der Waals surface area contributed by atoms with E-state index in [9.17, 15) is 32.4 Å². The van der Waals surface area contributed by atoms with Crippen molar-refractivity contribution in [3.8, 4) is 0 Å². The van der Waals surface area contributed by atoms with Gasteiger partial charge in [-0.25, -0.2) is 13.1 Å². The fourth-order valence-electron chi connectivity index (χ4n) is 15.6. The lowest BCUT2D eigenvalue weighted by Gasteiger charge is -2.36. The number of carbonyl (C=O) groups is 5. The summed E-state index contributed by atoms with van der Waals surface area (Å²) in [6.45, 7) is 88.0. The largest absolute Gasteiger partial charge is 0.466 e. The van der Waals surface area contributed by atoms with Crippen LogP contribution in [0.2, 0.25) is 0 Å². The quantitative estimate of drug-likeness (QED) is 0.0307. The third kappa shape index (κ3) is 94.6. The van der Waals surface area contributed by atoms with E-state index in [2.05, 4.69) is 346 Å². The van der Waals surface area contributed by atoms with E-state index in [0.717, 1.165) is 87.4 Å². The molecule has 0 spiro atoms. The van der Waals surface area contributed by atoms with Gasteiger partial charge in [0.25, 0.3) is 0 Å². The van der Waals surface area contributed by atoms with Gasteiger partial charge in [-0.3, -0.25) is 24.0 Å². The minimum Gasteiger partial charge on any atom is -0.466 e. The molecule has 5 aromatic carbocycles. The molecular weight excluding hydrogens is 1870 g/mol. The Kier molecular flexibility index (Phi) is 111. The lowest BCUT2D eigenvalue weighted by Crippen LogP contribution is -2.37. The van der Waals surface area contributed by atoms with E-state index >= 15 is 0 Å². The Bertz CT molecular complexity index is 3840.